The predicted molar refractivity (Wildman–Crippen MR) is 78.4 cm³/mol. The Bertz CT molecular complexity index is 705. The molecular formula is C15H12ClN3O. The van der Waals surface area contributed by atoms with Crippen molar-refractivity contribution in [3.8, 4) is 11.5 Å². The Morgan fingerprint density at radius 2 is 1.70 bits per heavy atom. The third-order valence-corrected chi connectivity index (χ3v) is 3.15. The highest BCUT2D eigenvalue weighted by Crippen LogP contribution is 2.20. The molecule has 1 heterocycles. The Hall–Kier alpha value is -2.33. The Labute approximate surface area is 121 Å². The van der Waals surface area contributed by atoms with Gasteiger partial charge in [0.2, 0.25) is 0 Å². The number of nitrogen functional groups attached to an aromatic ring is 1. The SMILES string of the molecule is Nc1ccc(Cc2noc(-c3ccc(Cl)cc3)n2)cc1. The van der Waals surface area contributed by atoms with E-state index in [1.165, 1.54) is 0 Å². The van der Waals surface area contributed by atoms with Gasteiger partial charge in [-0.25, -0.2) is 0 Å². The predicted octanol–water partition coefficient (Wildman–Crippen LogP) is 3.56. The maximum absolute atomic E-state index is 5.85. The number of hydrogen-bond donors (Lipinski definition) is 1. The Morgan fingerprint density at radius 1 is 1.00 bits per heavy atom. The summed E-state index contributed by atoms with van der Waals surface area (Å²) in [5, 5.41) is 4.66. The van der Waals surface area contributed by atoms with E-state index in [0.717, 1.165) is 16.8 Å². The van der Waals surface area contributed by atoms with Crippen LogP contribution in [0, 0.1) is 0 Å². The molecule has 0 amide bonds. The molecule has 0 aliphatic rings. The van der Waals surface area contributed by atoms with Crippen molar-refractivity contribution in [1.29, 1.82) is 0 Å². The van der Waals surface area contributed by atoms with Gasteiger partial charge in [0.25, 0.3) is 5.89 Å². The number of nitrogens with two attached hydrogens (primary N) is 1. The molecule has 0 atom stereocenters. The summed E-state index contributed by atoms with van der Waals surface area (Å²) in [4.78, 5) is 4.38. The highest BCUT2D eigenvalue weighted by atomic mass is 35.5. The Balaban J connectivity index is 1.80. The number of hydrogen-bond acceptors (Lipinski definition) is 4. The summed E-state index contributed by atoms with van der Waals surface area (Å²) in [7, 11) is 0. The van der Waals surface area contributed by atoms with E-state index >= 15 is 0 Å². The molecule has 100 valence electrons. The van der Waals surface area contributed by atoms with E-state index in [1.807, 2.05) is 36.4 Å². The summed E-state index contributed by atoms with van der Waals surface area (Å²) in [5.74, 6) is 1.13. The van der Waals surface area contributed by atoms with Gasteiger partial charge in [-0.3, -0.25) is 0 Å². The number of benzene rings is 2. The van der Waals surface area contributed by atoms with Crippen LogP contribution >= 0.6 is 11.6 Å². The van der Waals surface area contributed by atoms with Crippen molar-refractivity contribution in [2.75, 3.05) is 5.73 Å². The maximum atomic E-state index is 5.85. The highest BCUT2D eigenvalue weighted by molar-refractivity contribution is 6.30. The number of halogens is 1. The molecule has 0 aliphatic carbocycles. The van der Waals surface area contributed by atoms with Crippen LogP contribution in [-0.4, -0.2) is 10.1 Å². The smallest absolute Gasteiger partial charge is 0.257 e. The van der Waals surface area contributed by atoms with Crippen molar-refractivity contribution in [3.05, 3.63) is 64.9 Å². The molecule has 4 nitrogen and oxygen atoms in total. The summed E-state index contributed by atoms with van der Waals surface area (Å²) in [6, 6.07) is 14.9. The normalized spacial score (nSPS) is 10.7. The molecule has 0 unspecified atom stereocenters. The van der Waals surface area contributed by atoms with E-state index < -0.39 is 0 Å². The Kier molecular flexibility index (Phi) is 3.39. The van der Waals surface area contributed by atoms with Gasteiger partial charge in [0.05, 0.1) is 0 Å². The average molecular weight is 286 g/mol. The van der Waals surface area contributed by atoms with Gasteiger partial charge in [0, 0.05) is 22.7 Å². The molecule has 1 aromatic heterocycles. The molecule has 2 N–H and O–H groups in total. The highest BCUT2D eigenvalue weighted by Gasteiger charge is 2.09. The lowest BCUT2D eigenvalue weighted by Gasteiger charge is -1.97. The number of aromatic nitrogens is 2. The van der Waals surface area contributed by atoms with Crippen LogP contribution in [0.5, 0.6) is 0 Å². The van der Waals surface area contributed by atoms with Crippen LogP contribution in [0.15, 0.2) is 53.1 Å². The minimum atomic E-state index is 0.493. The zero-order valence-corrected chi connectivity index (χ0v) is 11.3. The van der Waals surface area contributed by atoms with Crippen molar-refractivity contribution in [3.63, 3.8) is 0 Å². The van der Waals surface area contributed by atoms with E-state index in [9.17, 15) is 0 Å². The molecule has 20 heavy (non-hydrogen) atoms. The molecule has 0 fully saturated rings. The summed E-state index contributed by atoms with van der Waals surface area (Å²) in [6.07, 6.45) is 0.609. The molecule has 0 saturated carbocycles. The molecule has 0 bridgehead atoms. The van der Waals surface area contributed by atoms with Crippen molar-refractivity contribution in [1.82, 2.24) is 10.1 Å². The number of anilines is 1. The first-order valence-electron chi connectivity index (χ1n) is 6.14. The van der Waals surface area contributed by atoms with Gasteiger partial charge >= 0.3 is 0 Å². The van der Waals surface area contributed by atoms with E-state index in [1.54, 1.807) is 12.1 Å². The molecule has 2 aromatic carbocycles. The van der Waals surface area contributed by atoms with E-state index in [2.05, 4.69) is 10.1 Å². The van der Waals surface area contributed by atoms with E-state index in [-0.39, 0.29) is 0 Å². The molecular weight excluding hydrogens is 274 g/mol. The van der Waals surface area contributed by atoms with Gasteiger partial charge in [-0.15, -0.1) is 0 Å². The van der Waals surface area contributed by atoms with Crippen LogP contribution in [0.25, 0.3) is 11.5 Å². The van der Waals surface area contributed by atoms with Crippen molar-refractivity contribution >= 4 is 17.3 Å². The van der Waals surface area contributed by atoms with Crippen LogP contribution in [-0.2, 0) is 6.42 Å². The minimum Gasteiger partial charge on any atom is -0.399 e. The van der Waals surface area contributed by atoms with E-state index in [4.69, 9.17) is 21.9 Å². The van der Waals surface area contributed by atoms with Crippen LogP contribution in [0.1, 0.15) is 11.4 Å². The maximum Gasteiger partial charge on any atom is 0.257 e. The van der Waals surface area contributed by atoms with Gasteiger partial charge in [-0.1, -0.05) is 28.9 Å². The van der Waals surface area contributed by atoms with Crippen LogP contribution in [0.3, 0.4) is 0 Å². The quantitative estimate of drug-likeness (QED) is 0.747. The zero-order chi connectivity index (χ0) is 13.9. The molecule has 0 aliphatic heterocycles. The molecule has 0 radical (unpaired) electrons. The molecule has 3 aromatic rings. The first kappa shape index (κ1) is 12.7. The standard InChI is InChI=1S/C15H12ClN3O/c16-12-5-3-11(4-6-12)15-18-14(19-20-15)9-10-1-7-13(17)8-2-10/h1-8H,9,17H2. The fraction of sp³-hybridized carbons (Fsp3) is 0.0667. The van der Waals surface area contributed by atoms with Gasteiger partial charge in [-0.05, 0) is 42.0 Å². The van der Waals surface area contributed by atoms with Gasteiger partial charge < -0.3 is 10.3 Å². The molecule has 0 saturated heterocycles. The van der Waals surface area contributed by atoms with Crippen molar-refractivity contribution in [2.24, 2.45) is 0 Å². The third kappa shape index (κ3) is 2.81. The second-order valence-corrected chi connectivity index (χ2v) is 4.88. The fourth-order valence-electron chi connectivity index (χ4n) is 1.85. The van der Waals surface area contributed by atoms with Crippen molar-refractivity contribution < 1.29 is 4.52 Å². The van der Waals surface area contributed by atoms with Gasteiger partial charge in [0.15, 0.2) is 5.82 Å². The lowest BCUT2D eigenvalue weighted by molar-refractivity contribution is 0.424. The first-order valence-corrected chi connectivity index (χ1v) is 6.51. The van der Waals surface area contributed by atoms with Crippen LogP contribution < -0.4 is 5.73 Å². The lowest BCUT2D eigenvalue weighted by Crippen LogP contribution is -1.92. The van der Waals surface area contributed by atoms with Crippen LogP contribution in [0.4, 0.5) is 5.69 Å². The summed E-state index contributed by atoms with van der Waals surface area (Å²) in [6.45, 7) is 0. The van der Waals surface area contributed by atoms with Crippen LogP contribution in [0.2, 0.25) is 5.02 Å². The van der Waals surface area contributed by atoms with Crippen molar-refractivity contribution in [2.45, 2.75) is 6.42 Å². The second kappa shape index (κ2) is 5.35. The Morgan fingerprint density at radius 3 is 2.40 bits per heavy atom. The minimum absolute atomic E-state index is 0.493. The molecule has 0 spiro atoms. The van der Waals surface area contributed by atoms with Gasteiger partial charge in [0.1, 0.15) is 0 Å². The summed E-state index contributed by atoms with van der Waals surface area (Å²) in [5.41, 5.74) is 8.33. The molecule has 5 heteroatoms. The number of nitrogens with zero attached hydrogens (tertiary/aromatic N) is 2. The summed E-state index contributed by atoms with van der Waals surface area (Å²) < 4.78 is 5.26. The summed E-state index contributed by atoms with van der Waals surface area (Å²) >= 11 is 5.85. The topological polar surface area (TPSA) is 64.9 Å². The average Bonchev–Trinajstić information content (AvgIpc) is 2.91. The lowest BCUT2D eigenvalue weighted by atomic mass is 10.1. The zero-order valence-electron chi connectivity index (χ0n) is 10.6. The molecule has 3 rings (SSSR count). The third-order valence-electron chi connectivity index (χ3n) is 2.90. The monoisotopic (exact) mass is 285 g/mol. The van der Waals surface area contributed by atoms with E-state index in [0.29, 0.717) is 23.2 Å². The first-order chi connectivity index (χ1) is 9.70. The largest absolute Gasteiger partial charge is 0.399 e. The van der Waals surface area contributed by atoms with Gasteiger partial charge in [-0.2, -0.15) is 4.98 Å². The second-order valence-electron chi connectivity index (χ2n) is 4.44. The number of rotatable bonds is 3. The fourth-order valence-corrected chi connectivity index (χ4v) is 1.98.